The second-order valence-electron chi connectivity index (χ2n) is 6.68. The van der Waals surface area contributed by atoms with E-state index in [0.717, 1.165) is 12.0 Å². The monoisotopic (exact) mass is 421 g/mol. The Labute approximate surface area is 174 Å². The number of halogens is 2. The van der Waals surface area contributed by atoms with Gasteiger partial charge in [0, 0.05) is 5.69 Å². The predicted octanol–water partition coefficient (Wildman–Crippen LogP) is 4.99. The van der Waals surface area contributed by atoms with E-state index >= 15 is 0 Å². The van der Waals surface area contributed by atoms with Crippen LogP contribution in [0.5, 0.6) is 11.5 Å². The standard InChI is InChI=1S/C22H25F2NO5/c1-5-13(2)16-8-6-7-9-17(16)25-20(26)14(3)29-21(27)15-10-11-18(30-22(23)24)19(12-15)28-4/h6-14,22H,5H2,1-4H3,(H,25,26). The number of carbonyl (C=O) groups is 2. The maximum atomic E-state index is 12.5. The zero-order valence-electron chi connectivity index (χ0n) is 17.3. The van der Waals surface area contributed by atoms with E-state index in [2.05, 4.69) is 23.9 Å². The van der Waals surface area contributed by atoms with Gasteiger partial charge in [0.1, 0.15) is 0 Å². The first-order valence-electron chi connectivity index (χ1n) is 9.50. The van der Waals surface area contributed by atoms with Crippen molar-refractivity contribution < 1.29 is 32.6 Å². The van der Waals surface area contributed by atoms with Crippen molar-refractivity contribution in [1.82, 2.24) is 0 Å². The lowest BCUT2D eigenvalue weighted by Crippen LogP contribution is -2.30. The molecule has 6 nitrogen and oxygen atoms in total. The van der Waals surface area contributed by atoms with Gasteiger partial charge in [-0.05, 0) is 49.1 Å². The Balaban J connectivity index is 2.08. The minimum absolute atomic E-state index is 0.0353. The summed E-state index contributed by atoms with van der Waals surface area (Å²) in [5.41, 5.74) is 1.69. The summed E-state index contributed by atoms with van der Waals surface area (Å²) in [5, 5.41) is 2.79. The average molecular weight is 421 g/mol. The minimum atomic E-state index is -3.03. The zero-order chi connectivity index (χ0) is 22.3. The van der Waals surface area contributed by atoms with Gasteiger partial charge in [-0.25, -0.2) is 4.79 Å². The molecule has 0 spiro atoms. The van der Waals surface area contributed by atoms with Crippen LogP contribution >= 0.6 is 0 Å². The van der Waals surface area contributed by atoms with Crippen LogP contribution in [0.1, 0.15) is 49.0 Å². The Morgan fingerprint density at radius 2 is 1.77 bits per heavy atom. The molecule has 0 aliphatic heterocycles. The van der Waals surface area contributed by atoms with Crippen LogP contribution in [0.25, 0.3) is 0 Å². The van der Waals surface area contributed by atoms with Gasteiger partial charge >= 0.3 is 12.6 Å². The van der Waals surface area contributed by atoms with Gasteiger partial charge in [-0.2, -0.15) is 8.78 Å². The molecule has 0 heterocycles. The van der Waals surface area contributed by atoms with E-state index in [1.165, 1.54) is 32.2 Å². The molecule has 0 saturated heterocycles. The number of alkyl halides is 2. The van der Waals surface area contributed by atoms with E-state index in [9.17, 15) is 18.4 Å². The largest absolute Gasteiger partial charge is 0.493 e. The first-order valence-corrected chi connectivity index (χ1v) is 9.50. The fraction of sp³-hybridized carbons (Fsp3) is 0.364. The lowest BCUT2D eigenvalue weighted by atomic mass is 9.97. The van der Waals surface area contributed by atoms with E-state index in [4.69, 9.17) is 9.47 Å². The van der Waals surface area contributed by atoms with Crippen LogP contribution in [-0.2, 0) is 9.53 Å². The first-order chi connectivity index (χ1) is 14.3. The number of methoxy groups -OCH3 is 1. The van der Waals surface area contributed by atoms with Gasteiger partial charge in [0.25, 0.3) is 5.91 Å². The highest BCUT2D eigenvalue weighted by Crippen LogP contribution is 2.30. The Bertz CT molecular complexity index is 888. The van der Waals surface area contributed by atoms with Crippen LogP contribution in [0.2, 0.25) is 0 Å². The van der Waals surface area contributed by atoms with Crippen molar-refractivity contribution in [2.45, 2.75) is 45.8 Å². The van der Waals surface area contributed by atoms with E-state index in [1.807, 2.05) is 18.2 Å². The highest BCUT2D eigenvalue weighted by Gasteiger charge is 2.22. The Hall–Kier alpha value is -3.16. The van der Waals surface area contributed by atoms with Crippen LogP contribution in [-0.4, -0.2) is 31.7 Å². The summed E-state index contributed by atoms with van der Waals surface area (Å²) in [7, 11) is 1.26. The number of carbonyl (C=O) groups excluding carboxylic acids is 2. The van der Waals surface area contributed by atoms with Gasteiger partial charge < -0.3 is 19.5 Å². The van der Waals surface area contributed by atoms with E-state index in [0.29, 0.717) is 5.69 Å². The Morgan fingerprint density at radius 3 is 2.40 bits per heavy atom. The number of amides is 1. The zero-order valence-corrected chi connectivity index (χ0v) is 17.3. The van der Waals surface area contributed by atoms with E-state index in [-0.39, 0.29) is 23.0 Å². The summed E-state index contributed by atoms with van der Waals surface area (Å²) in [6.45, 7) is 2.53. The molecule has 0 aliphatic carbocycles. The number of hydrogen-bond acceptors (Lipinski definition) is 5. The number of esters is 1. The summed E-state index contributed by atoms with van der Waals surface area (Å²) in [6.07, 6.45) is -0.171. The number of ether oxygens (including phenoxy) is 3. The third kappa shape index (κ3) is 5.92. The van der Waals surface area contributed by atoms with E-state index < -0.39 is 24.6 Å². The van der Waals surface area contributed by atoms with Crippen molar-refractivity contribution in [3.05, 3.63) is 53.6 Å². The fourth-order valence-electron chi connectivity index (χ4n) is 2.76. The normalized spacial score (nSPS) is 12.8. The Morgan fingerprint density at radius 1 is 1.07 bits per heavy atom. The van der Waals surface area contributed by atoms with Crippen molar-refractivity contribution in [2.24, 2.45) is 0 Å². The quantitative estimate of drug-likeness (QED) is 0.577. The molecule has 2 unspecified atom stereocenters. The summed E-state index contributed by atoms with van der Waals surface area (Å²) >= 11 is 0. The van der Waals surface area contributed by atoms with Crippen molar-refractivity contribution in [3.63, 3.8) is 0 Å². The third-order valence-electron chi connectivity index (χ3n) is 4.63. The number of para-hydroxylation sites is 1. The topological polar surface area (TPSA) is 73.9 Å². The summed E-state index contributed by atoms with van der Waals surface area (Å²) < 4.78 is 39.4. The maximum Gasteiger partial charge on any atom is 0.387 e. The van der Waals surface area contributed by atoms with Gasteiger partial charge in [0.05, 0.1) is 12.7 Å². The maximum absolute atomic E-state index is 12.5. The fourth-order valence-corrected chi connectivity index (χ4v) is 2.76. The molecule has 2 aromatic rings. The number of rotatable bonds is 9. The summed E-state index contributed by atoms with van der Waals surface area (Å²) in [6, 6.07) is 11.1. The number of hydrogen-bond donors (Lipinski definition) is 1. The second kappa shape index (κ2) is 10.6. The van der Waals surface area contributed by atoms with Crippen molar-refractivity contribution in [1.29, 1.82) is 0 Å². The number of benzene rings is 2. The van der Waals surface area contributed by atoms with Crippen molar-refractivity contribution in [2.75, 3.05) is 12.4 Å². The van der Waals surface area contributed by atoms with Crippen LogP contribution in [0, 0.1) is 0 Å². The van der Waals surface area contributed by atoms with Gasteiger partial charge in [-0.3, -0.25) is 4.79 Å². The van der Waals surface area contributed by atoms with Crippen LogP contribution < -0.4 is 14.8 Å². The highest BCUT2D eigenvalue weighted by molar-refractivity contribution is 5.98. The van der Waals surface area contributed by atoms with Gasteiger partial charge in [-0.15, -0.1) is 0 Å². The molecule has 0 saturated carbocycles. The average Bonchev–Trinajstić information content (AvgIpc) is 2.73. The first kappa shape index (κ1) is 23.1. The molecular formula is C22H25F2NO5. The molecule has 1 N–H and O–H groups in total. The molecule has 1 amide bonds. The smallest absolute Gasteiger partial charge is 0.387 e. The van der Waals surface area contributed by atoms with Gasteiger partial charge in [-0.1, -0.05) is 32.0 Å². The molecular weight excluding hydrogens is 396 g/mol. The lowest BCUT2D eigenvalue weighted by Gasteiger charge is -2.18. The molecule has 2 rings (SSSR count). The summed E-state index contributed by atoms with van der Waals surface area (Å²) in [5.74, 6) is -1.29. The lowest BCUT2D eigenvalue weighted by molar-refractivity contribution is -0.123. The molecule has 0 fully saturated rings. The van der Waals surface area contributed by atoms with Crippen molar-refractivity contribution >= 4 is 17.6 Å². The predicted molar refractivity (Wildman–Crippen MR) is 108 cm³/mol. The van der Waals surface area contributed by atoms with Crippen LogP contribution in [0.15, 0.2) is 42.5 Å². The molecule has 2 aromatic carbocycles. The van der Waals surface area contributed by atoms with Gasteiger partial charge in [0.15, 0.2) is 17.6 Å². The number of anilines is 1. The Kier molecular flexibility index (Phi) is 8.15. The molecule has 8 heteroatoms. The van der Waals surface area contributed by atoms with Crippen LogP contribution in [0.3, 0.4) is 0 Å². The SMILES string of the molecule is CCC(C)c1ccccc1NC(=O)C(C)OC(=O)c1ccc(OC(F)F)c(OC)c1. The highest BCUT2D eigenvalue weighted by atomic mass is 19.3. The molecule has 0 aromatic heterocycles. The van der Waals surface area contributed by atoms with Gasteiger partial charge in [0.2, 0.25) is 0 Å². The minimum Gasteiger partial charge on any atom is -0.493 e. The molecule has 2 atom stereocenters. The summed E-state index contributed by atoms with van der Waals surface area (Å²) in [4.78, 5) is 24.9. The molecule has 30 heavy (non-hydrogen) atoms. The molecule has 0 aliphatic rings. The molecule has 0 radical (unpaired) electrons. The van der Waals surface area contributed by atoms with E-state index in [1.54, 1.807) is 6.07 Å². The number of nitrogens with one attached hydrogen (secondary N) is 1. The third-order valence-corrected chi connectivity index (χ3v) is 4.63. The second-order valence-corrected chi connectivity index (χ2v) is 6.68. The molecule has 162 valence electrons. The van der Waals surface area contributed by atoms with Crippen molar-refractivity contribution in [3.8, 4) is 11.5 Å². The molecule has 0 bridgehead atoms. The van der Waals surface area contributed by atoms with Crippen LogP contribution in [0.4, 0.5) is 14.5 Å².